The molecule has 0 saturated carbocycles. The second-order valence-electron chi connectivity index (χ2n) is 4.67. The molecule has 0 radical (unpaired) electrons. The van der Waals surface area contributed by atoms with Gasteiger partial charge in [0.05, 0.1) is 21.3 Å². The maximum absolute atomic E-state index is 6.07. The number of benzene rings is 2. The molecule has 4 nitrogen and oxygen atoms in total. The first-order valence-electron chi connectivity index (χ1n) is 6.65. The Labute approximate surface area is 133 Å². The molecule has 1 aliphatic heterocycles. The highest BCUT2D eigenvalue weighted by Gasteiger charge is 2.26. The van der Waals surface area contributed by atoms with Crippen molar-refractivity contribution in [2.75, 3.05) is 21.3 Å². The van der Waals surface area contributed by atoms with Crippen molar-refractivity contribution >= 4 is 17.2 Å². The highest BCUT2D eigenvalue weighted by Crippen LogP contribution is 2.50. The van der Waals surface area contributed by atoms with Gasteiger partial charge in [-0.15, -0.1) is 0 Å². The van der Waals surface area contributed by atoms with Gasteiger partial charge in [0.15, 0.2) is 23.0 Å². The summed E-state index contributed by atoms with van der Waals surface area (Å²) < 4.78 is 22.1. The van der Waals surface area contributed by atoms with Crippen LogP contribution in [0, 0.1) is 0 Å². The van der Waals surface area contributed by atoms with Crippen LogP contribution in [0.5, 0.6) is 28.7 Å². The standard InChI is InChI=1S/C17H15ClO4/c1-19-13-6-4-5-10-12(9-18)11-7-15(20-2)16(21-3)8-14(11)22-17(10)13/h4-9H,1-3H3/b12-9-. The van der Waals surface area contributed by atoms with E-state index in [9.17, 15) is 0 Å². The van der Waals surface area contributed by atoms with Crippen LogP contribution in [0.4, 0.5) is 0 Å². The van der Waals surface area contributed by atoms with E-state index in [1.807, 2.05) is 24.3 Å². The Morgan fingerprint density at radius 1 is 0.909 bits per heavy atom. The Bertz CT molecular complexity index is 753. The van der Waals surface area contributed by atoms with Crippen molar-refractivity contribution in [3.8, 4) is 28.7 Å². The second kappa shape index (κ2) is 5.81. The number of ether oxygens (including phenoxy) is 4. The molecule has 0 spiro atoms. The molecule has 114 valence electrons. The van der Waals surface area contributed by atoms with Gasteiger partial charge in [0.25, 0.3) is 0 Å². The van der Waals surface area contributed by atoms with Crippen LogP contribution >= 0.6 is 11.6 Å². The van der Waals surface area contributed by atoms with E-state index in [0.717, 1.165) is 16.7 Å². The topological polar surface area (TPSA) is 36.9 Å². The fraction of sp³-hybridized carbons (Fsp3) is 0.176. The lowest BCUT2D eigenvalue weighted by Crippen LogP contribution is -2.05. The van der Waals surface area contributed by atoms with Crippen LogP contribution in [0.25, 0.3) is 5.57 Å². The summed E-state index contributed by atoms with van der Waals surface area (Å²) in [6.07, 6.45) is 0. The normalized spacial score (nSPS) is 13.9. The molecule has 5 heteroatoms. The molecule has 22 heavy (non-hydrogen) atoms. The summed E-state index contributed by atoms with van der Waals surface area (Å²) >= 11 is 6.07. The fourth-order valence-corrected chi connectivity index (χ4v) is 2.76. The summed E-state index contributed by atoms with van der Waals surface area (Å²) in [5.74, 6) is 3.13. The van der Waals surface area contributed by atoms with Crippen LogP contribution in [0.3, 0.4) is 0 Å². The van der Waals surface area contributed by atoms with Crippen molar-refractivity contribution in [2.24, 2.45) is 0 Å². The molecule has 2 aromatic carbocycles. The highest BCUT2D eigenvalue weighted by molar-refractivity contribution is 6.29. The number of para-hydroxylation sites is 1. The molecule has 0 bridgehead atoms. The molecule has 0 fully saturated rings. The lowest BCUT2D eigenvalue weighted by molar-refractivity contribution is 0.348. The SMILES string of the molecule is COc1cc2c(cc1OC)/C(=C\Cl)c1cccc(OC)c1O2. The minimum atomic E-state index is 0.591. The van der Waals surface area contributed by atoms with Crippen molar-refractivity contribution in [1.82, 2.24) is 0 Å². The summed E-state index contributed by atoms with van der Waals surface area (Å²) in [6.45, 7) is 0. The van der Waals surface area contributed by atoms with E-state index in [0.29, 0.717) is 28.7 Å². The zero-order valence-corrected chi connectivity index (χ0v) is 13.2. The molecule has 3 rings (SSSR count). The Hall–Kier alpha value is -2.33. The minimum absolute atomic E-state index is 0.591. The Balaban J connectivity index is 2.24. The summed E-state index contributed by atoms with van der Waals surface area (Å²) in [5, 5.41) is 0. The summed E-state index contributed by atoms with van der Waals surface area (Å²) in [5.41, 5.74) is 4.09. The quantitative estimate of drug-likeness (QED) is 0.715. The molecular formula is C17H15ClO4. The molecule has 2 aromatic rings. The second-order valence-corrected chi connectivity index (χ2v) is 4.88. The van der Waals surface area contributed by atoms with Gasteiger partial charge in [-0.05, 0) is 12.1 Å². The van der Waals surface area contributed by atoms with Crippen LogP contribution in [0.15, 0.2) is 35.9 Å². The number of methoxy groups -OCH3 is 3. The first kappa shape index (κ1) is 14.6. The molecule has 0 amide bonds. The summed E-state index contributed by atoms with van der Waals surface area (Å²) in [7, 11) is 4.78. The van der Waals surface area contributed by atoms with Crippen LogP contribution in [-0.4, -0.2) is 21.3 Å². The van der Waals surface area contributed by atoms with Crippen molar-refractivity contribution < 1.29 is 18.9 Å². The maximum atomic E-state index is 6.07. The number of halogens is 1. The lowest BCUT2D eigenvalue weighted by Gasteiger charge is -2.25. The van der Waals surface area contributed by atoms with Gasteiger partial charge >= 0.3 is 0 Å². The molecule has 0 aliphatic carbocycles. The first-order valence-corrected chi connectivity index (χ1v) is 7.09. The zero-order valence-electron chi connectivity index (χ0n) is 12.5. The van der Waals surface area contributed by atoms with E-state index in [-0.39, 0.29) is 0 Å². The largest absolute Gasteiger partial charge is 0.493 e. The van der Waals surface area contributed by atoms with Crippen molar-refractivity contribution in [3.63, 3.8) is 0 Å². The number of hydrogen-bond acceptors (Lipinski definition) is 4. The number of rotatable bonds is 3. The lowest BCUT2D eigenvalue weighted by atomic mass is 9.94. The predicted octanol–water partition coefficient (Wildman–Crippen LogP) is 4.45. The van der Waals surface area contributed by atoms with E-state index in [4.69, 9.17) is 30.5 Å². The van der Waals surface area contributed by atoms with E-state index in [2.05, 4.69) is 0 Å². The molecule has 0 N–H and O–H groups in total. The summed E-state index contributed by atoms with van der Waals surface area (Å²) in [6, 6.07) is 9.31. The van der Waals surface area contributed by atoms with E-state index < -0.39 is 0 Å². The Morgan fingerprint density at radius 2 is 1.59 bits per heavy atom. The van der Waals surface area contributed by atoms with Gasteiger partial charge in [0.1, 0.15) is 5.75 Å². The molecular weight excluding hydrogens is 304 g/mol. The first-order chi connectivity index (χ1) is 10.7. The molecule has 0 saturated heterocycles. The van der Waals surface area contributed by atoms with Gasteiger partial charge in [-0.1, -0.05) is 23.7 Å². The Kier molecular flexibility index (Phi) is 3.86. The van der Waals surface area contributed by atoms with Gasteiger partial charge in [-0.25, -0.2) is 0 Å². The number of fused-ring (bicyclic) bond motifs is 2. The van der Waals surface area contributed by atoms with E-state index in [1.165, 1.54) is 5.54 Å². The fourth-order valence-electron chi connectivity index (χ4n) is 2.52. The van der Waals surface area contributed by atoms with Crippen LogP contribution < -0.4 is 18.9 Å². The van der Waals surface area contributed by atoms with Gasteiger partial charge in [-0.3, -0.25) is 0 Å². The molecule has 0 atom stereocenters. The monoisotopic (exact) mass is 318 g/mol. The van der Waals surface area contributed by atoms with Gasteiger partial charge in [0.2, 0.25) is 0 Å². The molecule has 0 aromatic heterocycles. The summed E-state index contributed by atoms with van der Waals surface area (Å²) in [4.78, 5) is 0. The van der Waals surface area contributed by atoms with Crippen LogP contribution in [0.1, 0.15) is 11.1 Å². The molecule has 1 aliphatic rings. The third-order valence-corrected chi connectivity index (χ3v) is 3.80. The average Bonchev–Trinajstić information content (AvgIpc) is 2.57. The number of hydrogen-bond donors (Lipinski definition) is 0. The van der Waals surface area contributed by atoms with Crippen molar-refractivity contribution in [1.29, 1.82) is 0 Å². The van der Waals surface area contributed by atoms with E-state index in [1.54, 1.807) is 27.4 Å². The van der Waals surface area contributed by atoms with Gasteiger partial charge in [0, 0.05) is 28.3 Å². The van der Waals surface area contributed by atoms with Crippen LogP contribution in [0.2, 0.25) is 0 Å². The minimum Gasteiger partial charge on any atom is -0.493 e. The molecule has 1 heterocycles. The van der Waals surface area contributed by atoms with Gasteiger partial charge < -0.3 is 18.9 Å². The van der Waals surface area contributed by atoms with Crippen LogP contribution in [-0.2, 0) is 0 Å². The van der Waals surface area contributed by atoms with Crippen molar-refractivity contribution in [2.45, 2.75) is 0 Å². The van der Waals surface area contributed by atoms with Gasteiger partial charge in [-0.2, -0.15) is 0 Å². The van der Waals surface area contributed by atoms with E-state index >= 15 is 0 Å². The third-order valence-electron chi connectivity index (χ3n) is 3.59. The smallest absolute Gasteiger partial charge is 0.177 e. The van der Waals surface area contributed by atoms with Crippen molar-refractivity contribution in [3.05, 3.63) is 47.0 Å². The Morgan fingerprint density at radius 3 is 2.23 bits per heavy atom. The maximum Gasteiger partial charge on any atom is 0.177 e. The average molecular weight is 319 g/mol. The zero-order chi connectivity index (χ0) is 15.7. The third kappa shape index (κ3) is 2.16. The highest BCUT2D eigenvalue weighted by atomic mass is 35.5. The molecule has 0 unspecified atom stereocenters. The predicted molar refractivity (Wildman–Crippen MR) is 85.5 cm³/mol.